The Labute approximate surface area is 174 Å². The molecule has 0 saturated heterocycles. The lowest BCUT2D eigenvalue weighted by atomic mass is 10.2. The molecule has 0 amide bonds. The fourth-order valence-corrected chi connectivity index (χ4v) is 5.45. The Hall–Kier alpha value is -3.11. The van der Waals surface area contributed by atoms with Crippen LogP contribution in [0, 0.1) is 17.5 Å². The summed E-state index contributed by atoms with van der Waals surface area (Å²) in [5, 5.41) is 3.96. The number of hydrogen-bond donors (Lipinski definition) is 1. The zero-order chi connectivity index (χ0) is 21.5. The fraction of sp³-hybridized carbons (Fsp3) is 0.0500. The van der Waals surface area contributed by atoms with Gasteiger partial charge in [0.2, 0.25) is 5.78 Å². The smallest absolute Gasteiger partial charge is 0.270 e. The summed E-state index contributed by atoms with van der Waals surface area (Å²) in [6.45, 7) is -0.134. The maximum absolute atomic E-state index is 13.9. The van der Waals surface area contributed by atoms with Crippen LogP contribution in [0.4, 0.5) is 24.5 Å². The number of nitrogens with one attached hydrogen (secondary N) is 1. The third kappa shape index (κ3) is 3.59. The number of halogens is 3. The minimum Gasteiger partial charge on any atom is -0.358 e. The molecule has 0 fully saturated rings. The number of hydrogen-bond acceptors (Lipinski definition) is 5. The Morgan fingerprint density at radius 1 is 1.00 bits per heavy atom. The van der Waals surface area contributed by atoms with Crippen molar-refractivity contribution < 1.29 is 26.4 Å². The minimum absolute atomic E-state index is 0.134. The molecule has 1 aliphatic rings. The number of sulfonamides is 1. The molecule has 0 saturated carbocycles. The van der Waals surface area contributed by atoms with Gasteiger partial charge >= 0.3 is 0 Å². The van der Waals surface area contributed by atoms with Crippen LogP contribution < -0.4 is 9.62 Å². The summed E-state index contributed by atoms with van der Waals surface area (Å²) in [7, 11) is -4.32. The predicted octanol–water partition coefficient (Wildman–Crippen LogP) is 4.65. The van der Waals surface area contributed by atoms with Crippen molar-refractivity contribution in [1.82, 2.24) is 0 Å². The largest absolute Gasteiger partial charge is 0.358 e. The van der Waals surface area contributed by atoms with E-state index in [0.717, 1.165) is 40.0 Å². The summed E-state index contributed by atoms with van der Waals surface area (Å²) in [5.41, 5.74) is 0.408. The quantitative estimate of drug-likeness (QED) is 0.588. The number of nitrogens with zero attached hydrogens (tertiary/aromatic N) is 1. The van der Waals surface area contributed by atoms with E-state index in [1.165, 1.54) is 30.3 Å². The highest BCUT2D eigenvalue weighted by Gasteiger charge is 2.41. The summed E-state index contributed by atoms with van der Waals surface area (Å²) in [5.74, 6) is -2.75. The van der Waals surface area contributed by atoms with Gasteiger partial charge in [0.25, 0.3) is 10.0 Å². The van der Waals surface area contributed by atoms with Crippen molar-refractivity contribution in [1.29, 1.82) is 0 Å². The van der Waals surface area contributed by atoms with Gasteiger partial charge in [-0.25, -0.2) is 21.6 Å². The molecule has 4 rings (SSSR count). The lowest BCUT2D eigenvalue weighted by molar-refractivity contribution is 0.104. The molecular weight excluding hydrogens is 437 g/mol. The monoisotopic (exact) mass is 450 g/mol. The summed E-state index contributed by atoms with van der Waals surface area (Å²) >= 11 is 1.06. The van der Waals surface area contributed by atoms with E-state index in [0.29, 0.717) is 5.56 Å². The van der Waals surface area contributed by atoms with Crippen LogP contribution in [0.15, 0.2) is 65.0 Å². The van der Waals surface area contributed by atoms with Crippen LogP contribution in [0.2, 0.25) is 0 Å². The first-order chi connectivity index (χ1) is 14.3. The van der Waals surface area contributed by atoms with E-state index in [-0.39, 0.29) is 22.8 Å². The van der Waals surface area contributed by atoms with Crippen LogP contribution in [0.3, 0.4) is 0 Å². The molecular formula is C20H13F3N2O3S2. The SMILES string of the molecule is O=C1C(=CNc2cc(F)ccc2F)S(=O)(=O)N(Cc2ccc(F)cc2)c2ccsc21. The van der Waals surface area contributed by atoms with E-state index in [2.05, 4.69) is 5.32 Å². The summed E-state index contributed by atoms with van der Waals surface area (Å²) in [6.07, 6.45) is 0.857. The molecule has 0 aliphatic carbocycles. The molecule has 0 spiro atoms. The number of rotatable bonds is 4. The Bertz CT molecular complexity index is 1270. The molecule has 10 heteroatoms. The van der Waals surface area contributed by atoms with Gasteiger partial charge in [-0.05, 0) is 41.3 Å². The molecule has 0 bridgehead atoms. The van der Waals surface area contributed by atoms with Gasteiger partial charge in [-0.3, -0.25) is 9.10 Å². The van der Waals surface area contributed by atoms with Gasteiger partial charge in [-0.15, -0.1) is 11.3 Å². The number of thiophene rings is 1. The highest BCUT2D eigenvalue weighted by Crippen LogP contribution is 2.39. The van der Waals surface area contributed by atoms with E-state index >= 15 is 0 Å². The first kappa shape index (κ1) is 20.2. The van der Waals surface area contributed by atoms with E-state index in [1.807, 2.05) is 0 Å². The molecule has 0 atom stereocenters. The Balaban J connectivity index is 1.75. The number of fused-ring (bicyclic) bond motifs is 1. The van der Waals surface area contributed by atoms with E-state index in [9.17, 15) is 26.4 Å². The van der Waals surface area contributed by atoms with Gasteiger partial charge in [-0.1, -0.05) is 12.1 Å². The number of Topliss-reactive ketones (excluding diaryl/α,β-unsaturated/α-hetero) is 1. The van der Waals surface area contributed by atoms with Crippen LogP contribution >= 0.6 is 11.3 Å². The van der Waals surface area contributed by atoms with Crippen LogP contribution in [-0.4, -0.2) is 14.2 Å². The molecule has 1 aliphatic heterocycles. The third-order valence-electron chi connectivity index (χ3n) is 4.44. The Morgan fingerprint density at radius 3 is 2.43 bits per heavy atom. The second-order valence-corrected chi connectivity index (χ2v) is 9.13. The fourth-order valence-electron chi connectivity index (χ4n) is 2.96. The molecule has 5 nitrogen and oxygen atoms in total. The summed E-state index contributed by atoms with van der Waals surface area (Å²) in [6, 6.07) is 9.44. The molecule has 2 heterocycles. The summed E-state index contributed by atoms with van der Waals surface area (Å²) in [4.78, 5) is 12.4. The van der Waals surface area contributed by atoms with E-state index in [1.54, 1.807) is 5.38 Å². The molecule has 3 aromatic rings. The number of anilines is 2. The van der Waals surface area contributed by atoms with Crippen molar-refractivity contribution in [3.05, 3.63) is 92.9 Å². The maximum atomic E-state index is 13.9. The highest BCUT2D eigenvalue weighted by molar-refractivity contribution is 7.97. The normalized spacial score (nSPS) is 16.6. The van der Waals surface area contributed by atoms with Gasteiger partial charge in [0.15, 0.2) is 4.91 Å². The van der Waals surface area contributed by atoms with Gasteiger partial charge in [-0.2, -0.15) is 0 Å². The van der Waals surface area contributed by atoms with Gasteiger partial charge in [0.05, 0.1) is 17.9 Å². The molecule has 0 unspecified atom stereocenters. The first-order valence-electron chi connectivity index (χ1n) is 8.58. The molecule has 30 heavy (non-hydrogen) atoms. The van der Waals surface area contributed by atoms with Crippen LogP contribution in [-0.2, 0) is 16.6 Å². The topological polar surface area (TPSA) is 66.5 Å². The van der Waals surface area contributed by atoms with Crippen molar-refractivity contribution >= 4 is 38.5 Å². The zero-order valence-electron chi connectivity index (χ0n) is 15.1. The molecule has 1 N–H and O–H groups in total. The number of benzene rings is 2. The van der Waals surface area contributed by atoms with Gasteiger partial charge in [0.1, 0.15) is 22.3 Å². The number of carbonyl (C=O) groups is 1. The van der Waals surface area contributed by atoms with Crippen molar-refractivity contribution in [2.75, 3.05) is 9.62 Å². The van der Waals surface area contributed by atoms with E-state index < -0.39 is 38.2 Å². The summed E-state index contributed by atoms with van der Waals surface area (Å²) < 4.78 is 67.9. The van der Waals surface area contributed by atoms with Crippen molar-refractivity contribution in [3.63, 3.8) is 0 Å². The third-order valence-corrected chi connectivity index (χ3v) is 7.11. The van der Waals surface area contributed by atoms with Gasteiger partial charge < -0.3 is 5.32 Å². The second kappa shape index (κ2) is 7.62. The molecule has 154 valence electrons. The Morgan fingerprint density at radius 2 is 1.70 bits per heavy atom. The first-order valence-corrected chi connectivity index (χ1v) is 10.9. The number of carbonyl (C=O) groups excluding carboxylic acids is 1. The molecule has 0 radical (unpaired) electrons. The van der Waals surface area contributed by atoms with Crippen molar-refractivity contribution in [3.8, 4) is 0 Å². The number of ketones is 1. The van der Waals surface area contributed by atoms with Crippen LogP contribution in [0.25, 0.3) is 0 Å². The van der Waals surface area contributed by atoms with Gasteiger partial charge in [0, 0.05) is 12.3 Å². The second-order valence-electron chi connectivity index (χ2n) is 6.38. The maximum Gasteiger partial charge on any atom is 0.270 e. The average molecular weight is 450 g/mol. The Kier molecular flexibility index (Phi) is 5.12. The highest BCUT2D eigenvalue weighted by atomic mass is 32.2. The van der Waals surface area contributed by atoms with E-state index in [4.69, 9.17) is 0 Å². The predicted molar refractivity (Wildman–Crippen MR) is 108 cm³/mol. The molecule has 1 aromatic heterocycles. The van der Waals surface area contributed by atoms with Crippen molar-refractivity contribution in [2.24, 2.45) is 0 Å². The lowest BCUT2D eigenvalue weighted by Crippen LogP contribution is -2.38. The minimum atomic E-state index is -4.32. The van der Waals surface area contributed by atoms with Crippen molar-refractivity contribution in [2.45, 2.75) is 6.54 Å². The van der Waals surface area contributed by atoms with Crippen LogP contribution in [0.1, 0.15) is 15.2 Å². The number of allylic oxidation sites excluding steroid dienone is 1. The lowest BCUT2D eigenvalue weighted by Gasteiger charge is -2.29. The van der Waals surface area contributed by atoms with Crippen LogP contribution in [0.5, 0.6) is 0 Å². The average Bonchev–Trinajstić information content (AvgIpc) is 3.18. The standard InChI is InChI=1S/C20H13F3N2O3S2/c21-13-3-1-12(2-4-13)11-25-17-7-8-29-20(17)19(26)18(30(25,27)28)10-24-16-9-14(22)5-6-15(16)23/h1-10,24H,11H2. The zero-order valence-corrected chi connectivity index (χ0v) is 16.7. The molecule has 2 aromatic carbocycles.